The van der Waals surface area contributed by atoms with Crippen molar-refractivity contribution in [3.05, 3.63) is 0 Å². The summed E-state index contributed by atoms with van der Waals surface area (Å²) >= 11 is 0. The van der Waals surface area contributed by atoms with E-state index in [0.717, 1.165) is 0 Å². The first-order valence-electron chi connectivity index (χ1n) is 20.1. The summed E-state index contributed by atoms with van der Waals surface area (Å²) in [6.45, 7) is 2.74. The lowest BCUT2D eigenvalue weighted by atomic mass is 10.0. The zero-order valence-electron chi connectivity index (χ0n) is 34.7. The van der Waals surface area contributed by atoms with E-state index in [9.17, 15) is 73.5 Å². The van der Waals surface area contributed by atoms with Gasteiger partial charge in [-0.15, -0.1) is 0 Å². The number of rotatable bonds is 27. The number of amides is 4. The number of carbonyl (C=O) groups excluding carboxylic acids is 4. The molecule has 346 valence electrons. The fourth-order valence-corrected chi connectivity index (χ4v) is 6.34. The molecule has 3 atom stereocenters. The molecule has 1 aliphatic rings. The molecule has 0 saturated carbocycles. The highest BCUT2D eigenvalue weighted by Gasteiger charge is 2.31. The van der Waals surface area contributed by atoms with E-state index < -0.39 is 97.1 Å². The van der Waals surface area contributed by atoms with Gasteiger partial charge in [0.1, 0.15) is 18.1 Å². The van der Waals surface area contributed by atoms with Crippen LogP contribution >= 0.6 is 0 Å². The van der Waals surface area contributed by atoms with E-state index in [2.05, 4.69) is 21.3 Å². The maximum atomic E-state index is 13.8. The Morgan fingerprint density at radius 3 is 0.918 bits per heavy atom. The Morgan fingerprint density at radius 1 is 0.393 bits per heavy atom. The molecular formula is C37H62N8O16. The molecule has 1 heterocycles. The van der Waals surface area contributed by atoms with Crippen LogP contribution in [0.2, 0.25) is 0 Å². The number of nitrogens with zero attached hydrogens (tertiary/aromatic N) is 4. The molecule has 1 fully saturated rings. The number of hydrogen-bond donors (Lipinski definition) is 10. The summed E-state index contributed by atoms with van der Waals surface area (Å²) < 4.78 is 0. The zero-order valence-corrected chi connectivity index (χ0v) is 34.7. The van der Waals surface area contributed by atoms with Crippen molar-refractivity contribution in [3.8, 4) is 0 Å². The van der Waals surface area contributed by atoms with E-state index in [1.54, 1.807) is 33.4 Å². The molecule has 10 N–H and O–H groups in total. The summed E-state index contributed by atoms with van der Waals surface area (Å²) in [7, 11) is 0. The predicted octanol–water partition coefficient (Wildman–Crippen LogP) is -2.79. The first-order chi connectivity index (χ1) is 28.6. The Kier molecular flexibility index (Phi) is 25.4. The van der Waals surface area contributed by atoms with Gasteiger partial charge in [0.25, 0.3) is 0 Å². The maximum Gasteiger partial charge on any atom is 0.317 e. The SMILES string of the molecule is CC(C)NC(=O)[C@H](CCCC(=O)O)NC(=O)[C@H](CCCC(=O)O)NC(=O)[C@H](CCCC(=O)O)NC(=O)CN1CCN(CC(=O)O)CCN(CC(=O)O)CCN(CC(=O)O)CC1. The van der Waals surface area contributed by atoms with Gasteiger partial charge < -0.3 is 51.9 Å². The Labute approximate surface area is 352 Å². The highest BCUT2D eigenvalue weighted by atomic mass is 16.4. The molecule has 0 aliphatic carbocycles. The standard InChI is InChI=1S/C37H62N8O16/c1-24(2)38-35(59)26(7-4-10-30(49)50)40-37(61)27(8-5-11-31(51)52)41-36(60)25(6-3-9-29(47)48)39-28(46)20-42-12-14-43(21-32(53)54)16-18-45(23-34(57)58)19-17-44(15-13-42)22-33(55)56/h24-27H,3-23H2,1-2H3,(H,38,59)(H,39,46)(H,40,61)(H,41,60)(H,47,48)(H,49,50)(H,51,52)(H,53,54)(H,55,56)(H,57,58)/t25-,26-,27-/m0/s1. The summed E-state index contributed by atoms with van der Waals surface area (Å²) in [6.07, 6.45) is -1.79. The summed E-state index contributed by atoms with van der Waals surface area (Å²) in [5.74, 6) is -10.1. The van der Waals surface area contributed by atoms with Crippen molar-refractivity contribution >= 4 is 59.4 Å². The average molecular weight is 875 g/mol. The molecule has 0 aromatic rings. The van der Waals surface area contributed by atoms with Gasteiger partial charge in [-0.3, -0.25) is 67.5 Å². The Bertz CT molecular complexity index is 1480. The van der Waals surface area contributed by atoms with Crippen molar-refractivity contribution in [2.45, 2.75) is 95.8 Å². The zero-order chi connectivity index (χ0) is 46.1. The van der Waals surface area contributed by atoms with Crippen molar-refractivity contribution in [2.75, 3.05) is 78.5 Å². The van der Waals surface area contributed by atoms with Gasteiger partial charge in [-0.2, -0.15) is 0 Å². The van der Waals surface area contributed by atoms with Crippen LogP contribution in [0.1, 0.15) is 71.6 Å². The molecule has 0 bridgehead atoms. The third kappa shape index (κ3) is 25.7. The summed E-state index contributed by atoms with van der Waals surface area (Å²) in [5.41, 5.74) is 0. The van der Waals surface area contributed by atoms with Gasteiger partial charge in [0, 0.05) is 77.7 Å². The molecule has 0 radical (unpaired) electrons. The predicted molar refractivity (Wildman–Crippen MR) is 212 cm³/mol. The number of carbonyl (C=O) groups is 10. The lowest BCUT2D eigenvalue weighted by Crippen LogP contribution is -2.57. The normalized spacial score (nSPS) is 16.4. The van der Waals surface area contributed by atoms with Crippen LogP contribution < -0.4 is 21.3 Å². The highest BCUT2D eigenvalue weighted by Crippen LogP contribution is 2.10. The van der Waals surface area contributed by atoms with Crippen LogP contribution in [0.4, 0.5) is 0 Å². The third-order valence-electron chi connectivity index (χ3n) is 9.37. The molecule has 1 rings (SSSR count). The lowest BCUT2D eigenvalue weighted by molar-refractivity contribution is -0.140. The van der Waals surface area contributed by atoms with Crippen LogP contribution in [0.15, 0.2) is 0 Å². The molecule has 0 aromatic heterocycles. The summed E-state index contributed by atoms with van der Waals surface area (Å²) in [6, 6.07) is -4.43. The van der Waals surface area contributed by atoms with E-state index >= 15 is 0 Å². The van der Waals surface area contributed by atoms with Crippen LogP contribution in [-0.4, -0.2) is 212 Å². The molecule has 24 nitrogen and oxygen atoms in total. The Balaban J connectivity index is 3.36. The molecule has 0 unspecified atom stereocenters. The van der Waals surface area contributed by atoms with E-state index in [-0.39, 0.29) is 123 Å². The second-order valence-electron chi connectivity index (χ2n) is 15.0. The first kappa shape index (κ1) is 53.6. The largest absolute Gasteiger partial charge is 0.481 e. The molecule has 1 aliphatic heterocycles. The van der Waals surface area contributed by atoms with Crippen molar-refractivity contribution in [1.82, 2.24) is 40.9 Å². The van der Waals surface area contributed by atoms with Crippen molar-refractivity contribution in [1.29, 1.82) is 0 Å². The van der Waals surface area contributed by atoms with Crippen LogP contribution in [-0.2, 0) is 47.9 Å². The maximum absolute atomic E-state index is 13.8. The van der Waals surface area contributed by atoms with E-state index in [0.29, 0.717) is 0 Å². The average Bonchev–Trinajstić information content (AvgIpc) is 3.13. The third-order valence-corrected chi connectivity index (χ3v) is 9.37. The van der Waals surface area contributed by atoms with Gasteiger partial charge >= 0.3 is 35.8 Å². The number of carboxylic acids is 6. The van der Waals surface area contributed by atoms with Crippen LogP contribution in [0, 0.1) is 0 Å². The second kappa shape index (κ2) is 28.9. The van der Waals surface area contributed by atoms with Gasteiger partial charge in [-0.25, -0.2) is 0 Å². The molecule has 24 heteroatoms. The van der Waals surface area contributed by atoms with Gasteiger partial charge in [-0.1, -0.05) is 0 Å². The van der Waals surface area contributed by atoms with Gasteiger partial charge in [-0.05, 0) is 52.4 Å². The van der Waals surface area contributed by atoms with E-state index in [4.69, 9.17) is 5.11 Å². The minimum absolute atomic E-state index is 0.0110. The van der Waals surface area contributed by atoms with Crippen LogP contribution in [0.3, 0.4) is 0 Å². The van der Waals surface area contributed by atoms with Gasteiger partial charge in [0.2, 0.25) is 23.6 Å². The first-order valence-corrected chi connectivity index (χ1v) is 20.1. The minimum atomic E-state index is -1.44. The molecule has 0 aromatic carbocycles. The van der Waals surface area contributed by atoms with Gasteiger partial charge in [0.05, 0.1) is 26.2 Å². The van der Waals surface area contributed by atoms with E-state index in [1.165, 1.54) is 0 Å². The fraction of sp³-hybridized carbons (Fsp3) is 0.730. The molecule has 61 heavy (non-hydrogen) atoms. The molecule has 1 saturated heterocycles. The quantitative estimate of drug-likeness (QED) is 0.0399. The fourth-order valence-electron chi connectivity index (χ4n) is 6.34. The van der Waals surface area contributed by atoms with Crippen LogP contribution in [0.5, 0.6) is 0 Å². The monoisotopic (exact) mass is 874 g/mol. The minimum Gasteiger partial charge on any atom is -0.481 e. The number of hydrogen-bond acceptors (Lipinski definition) is 14. The van der Waals surface area contributed by atoms with Crippen LogP contribution in [0.25, 0.3) is 0 Å². The number of aliphatic carboxylic acids is 6. The van der Waals surface area contributed by atoms with E-state index in [1.807, 2.05) is 0 Å². The summed E-state index contributed by atoms with van der Waals surface area (Å²) in [4.78, 5) is 129. The van der Waals surface area contributed by atoms with Gasteiger partial charge in [0.15, 0.2) is 0 Å². The van der Waals surface area contributed by atoms with Crippen molar-refractivity contribution < 1.29 is 78.6 Å². The van der Waals surface area contributed by atoms with Crippen molar-refractivity contribution in [3.63, 3.8) is 0 Å². The Hall–Kier alpha value is -5.46. The second-order valence-corrected chi connectivity index (χ2v) is 15.0. The smallest absolute Gasteiger partial charge is 0.317 e. The molecule has 0 spiro atoms. The van der Waals surface area contributed by atoms with Crippen molar-refractivity contribution in [2.24, 2.45) is 0 Å². The Morgan fingerprint density at radius 2 is 0.656 bits per heavy atom. The topological polar surface area (TPSA) is 353 Å². The summed E-state index contributed by atoms with van der Waals surface area (Å²) in [5, 5.41) is 66.2. The molecule has 4 amide bonds. The molecular weight excluding hydrogens is 812 g/mol. The highest BCUT2D eigenvalue weighted by molar-refractivity contribution is 5.94. The lowest BCUT2D eigenvalue weighted by Gasteiger charge is -2.33. The number of carboxylic acid groups (broad SMARTS) is 6. The number of nitrogens with one attached hydrogen (secondary N) is 4.